The Morgan fingerprint density at radius 1 is 1.11 bits per heavy atom. The molecule has 1 amide bonds. The predicted octanol–water partition coefficient (Wildman–Crippen LogP) is 3.97. The fourth-order valence-electron chi connectivity index (χ4n) is 2.67. The lowest BCUT2D eigenvalue weighted by Gasteiger charge is -2.12. The summed E-state index contributed by atoms with van der Waals surface area (Å²) in [5, 5.41) is 15.0. The van der Waals surface area contributed by atoms with E-state index in [0.29, 0.717) is 34.3 Å². The van der Waals surface area contributed by atoms with E-state index in [9.17, 15) is 4.79 Å². The summed E-state index contributed by atoms with van der Waals surface area (Å²) in [6, 6.07) is 16.2. The average molecular weight is 373 g/mol. The van der Waals surface area contributed by atoms with Crippen molar-refractivity contribution in [2.45, 2.75) is 13.8 Å². The van der Waals surface area contributed by atoms with Crippen LogP contribution >= 0.6 is 0 Å². The van der Waals surface area contributed by atoms with Crippen molar-refractivity contribution in [3.63, 3.8) is 0 Å². The van der Waals surface area contributed by atoms with Gasteiger partial charge in [-0.2, -0.15) is 5.26 Å². The molecule has 2 N–H and O–H groups in total. The number of nitrogens with zero attached hydrogens (tertiary/aromatic N) is 3. The number of hydrogen-bond acceptors (Lipinski definition) is 6. The minimum Gasteiger partial charge on any atom is -0.495 e. The number of aryl methyl sites for hydroxylation is 2. The summed E-state index contributed by atoms with van der Waals surface area (Å²) in [5.41, 5.74) is 3.01. The van der Waals surface area contributed by atoms with Crippen molar-refractivity contribution < 1.29 is 9.53 Å². The normalized spacial score (nSPS) is 10.1. The Labute approximate surface area is 163 Å². The van der Waals surface area contributed by atoms with E-state index in [1.165, 1.54) is 0 Å². The molecule has 3 rings (SSSR count). The SMILES string of the molecule is COc1ccc(C)cc1NC(=O)c1cc(Nc2cccc(C#N)c2)nc(C)n1. The van der Waals surface area contributed by atoms with Gasteiger partial charge in [0.15, 0.2) is 0 Å². The molecule has 0 saturated heterocycles. The van der Waals surface area contributed by atoms with Gasteiger partial charge in [-0.25, -0.2) is 9.97 Å². The van der Waals surface area contributed by atoms with Crippen LogP contribution in [0.5, 0.6) is 5.75 Å². The number of aromatic nitrogens is 2. The maximum atomic E-state index is 12.7. The molecular weight excluding hydrogens is 354 g/mol. The zero-order chi connectivity index (χ0) is 20.1. The van der Waals surface area contributed by atoms with E-state index in [-0.39, 0.29) is 11.6 Å². The lowest BCUT2D eigenvalue weighted by molar-refractivity contribution is 0.102. The highest BCUT2D eigenvalue weighted by Crippen LogP contribution is 2.26. The second-order valence-electron chi connectivity index (χ2n) is 6.16. The molecule has 0 unspecified atom stereocenters. The number of nitriles is 1. The fourth-order valence-corrected chi connectivity index (χ4v) is 2.67. The number of hydrogen-bond donors (Lipinski definition) is 2. The molecule has 0 bridgehead atoms. The molecule has 0 aliphatic heterocycles. The van der Waals surface area contributed by atoms with Crippen LogP contribution in [-0.2, 0) is 0 Å². The van der Waals surface area contributed by atoms with Crippen LogP contribution in [0.4, 0.5) is 17.2 Å². The molecular formula is C21H19N5O2. The van der Waals surface area contributed by atoms with E-state index in [2.05, 4.69) is 26.7 Å². The summed E-state index contributed by atoms with van der Waals surface area (Å²) in [6.07, 6.45) is 0. The highest BCUT2D eigenvalue weighted by atomic mass is 16.5. The molecule has 0 aliphatic rings. The van der Waals surface area contributed by atoms with E-state index < -0.39 is 0 Å². The van der Waals surface area contributed by atoms with Crippen LogP contribution < -0.4 is 15.4 Å². The molecule has 0 fully saturated rings. The molecule has 7 nitrogen and oxygen atoms in total. The van der Waals surface area contributed by atoms with Gasteiger partial charge in [0.05, 0.1) is 24.4 Å². The van der Waals surface area contributed by atoms with Crippen molar-refractivity contribution in [2.24, 2.45) is 0 Å². The first-order chi connectivity index (χ1) is 13.5. The number of anilines is 3. The van der Waals surface area contributed by atoms with Gasteiger partial charge < -0.3 is 15.4 Å². The number of carbonyl (C=O) groups excluding carboxylic acids is 1. The Hall–Kier alpha value is -3.92. The van der Waals surface area contributed by atoms with E-state index in [1.807, 2.05) is 25.1 Å². The van der Waals surface area contributed by atoms with Crippen molar-refractivity contribution in [3.8, 4) is 11.8 Å². The molecule has 1 aromatic heterocycles. The Kier molecular flexibility index (Phi) is 5.51. The maximum absolute atomic E-state index is 12.7. The Balaban J connectivity index is 1.85. The van der Waals surface area contributed by atoms with Crippen molar-refractivity contribution >= 4 is 23.1 Å². The second kappa shape index (κ2) is 8.18. The molecule has 7 heteroatoms. The highest BCUT2D eigenvalue weighted by Gasteiger charge is 2.14. The maximum Gasteiger partial charge on any atom is 0.274 e. The number of amides is 1. The number of rotatable bonds is 5. The molecule has 140 valence electrons. The van der Waals surface area contributed by atoms with Crippen molar-refractivity contribution in [1.82, 2.24) is 9.97 Å². The van der Waals surface area contributed by atoms with Gasteiger partial charge in [-0.1, -0.05) is 12.1 Å². The van der Waals surface area contributed by atoms with Gasteiger partial charge in [0.1, 0.15) is 23.1 Å². The van der Waals surface area contributed by atoms with Crippen LogP contribution in [0, 0.1) is 25.2 Å². The quantitative estimate of drug-likeness (QED) is 0.702. The third kappa shape index (κ3) is 4.43. The van der Waals surface area contributed by atoms with Gasteiger partial charge >= 0.3 is 0 Å². The summed E-state index contributed by atoms with van der Waals surface area (Å²) in [5.74, 6) is 1.10. The summed E-state index contributed by atoms with van der Waals surface area (Å²) in [6.45, 7) is 3.64. The van der Waals surface area contributed by atoms with E-state index in [0.717, 1.165) is 5.56 Å². The predicted molar refractivity (Wildman–Crippen MR) is 107 cm³/mol. The van der Waals surface area contributed by atoms with Gasteiger partial charge in [-0.15, -0.1) is 0 Å². The Morgan fingerprint density at radius 2 is 1.93 bits per heavy atom. The molecule has 0 aliphatic carbocycles. The third-order valence-electron chi connectivity index (χ3n) is 3.94. The molecule has 0 radical (unpaired) electrons. The zero-order valence-corrected chi connectivity index (χ0v) is 15.8. The van der Waals surface area contributed by atoms with Crippen LogP contribution in [0.2, 0.25) is 0 Å². The fraction of sp³-hybridized carbons (Fsp3) is 0.143. The third-order valence-corrected chi connectivity index (χ3v) is 3.94. The van der Waals surface area contributed by atoms with Crippen LogP contribution in [-0.4, -0.2) is 23.0 Å². The van der Waals surface area contributed by atoms with Gasteiger partial charge in [-0.05, 0) is 49.7 Å². The van der Waals surface area contributed by atoms with Crippen LogP contribution in [0.3, 0.4) is 0 Å². The Morgan fingerprint density at radius 3 is 2.68 bits per heavy atom. The lowest BCUT2D eigenvalue weighted by atomic mass is 10.2. The minimum absolute atomic E-state index is 0.218. The van der Waals surface area contributed by atoms with Crippen LogP contribution in [0.25, 0.3) is 0 Å². The number of carbonyl (C=O) groups is 1. The number of methoxy groups -OCH3 is 1. The number of benzene rings is 2. The topological polar surface area (TPSA) is 99.9 Å². The van der Waals surface area contributed by atoms with Gasteiger partial charge in [-0.3, -0.25) is 4.79 Å². The zero-order valence-electron chi connectivity index (χ0n) is 15.8. The molecule has 2 aromatic carbocycles. The van der Waals surface area contributed by atoms with Crippen LogP contribution in [0.1, 0.15) is 27.4 Å². The summed E-state index contributed by atoms with van der Waals surface area (Å²) in [7, 11) is 1.55. The number of ether oxygens (including phenoxy) is 1. The largest absolute Gasteiger partial charge is 0.495 e. The summed E-state index contributed by atoms with van der Waals surface area (Å²) in [4.78, 5) is 21.3. The van der Waals surface area contributed by atoms with E-state index in [4.69, 9.17) is 10.00 Å². The monoisotopic (exact) mass is 373 g/mol. The Bertz CT molecular complexity index is 1070. The van der Waals surface area contributed by atoms with E-state index in [1.54, 1.807) is 44.4 Å². The van der Waals surface area contributed by atoms with Gasteiger partial charge in [0.2, 0.25) is 0 Å². The summed E-state index contributed by atoms with van der Waals surface area (Å²) < 4.78 is 5.30. The van der Waals surface area contributed by atoms with Gasteiger partial charge in [0, 0.05) is 11.8 Å². The highest BCUT2D eigenvalue weighted by molar-refractivity contribution is 6.04. The van der Waals surface area contributed by atoms with Gasteiger partial charge in [0.25, 0.3) is 5.91 Å². The van der Waals surface area contributed by atoms with Crippen LogP contribution in [0.15, 0.2) is 48.5 Å². The smallest absolute Gasteiger partial charge is 0.274 e. The molecule has 1 heterocycles. The molecule has 3 aromatic rings. The molecule has 0 saturated carbocycles. The van der Waals surface area contributed by atoms with Crippen molar-refractivity contribution in [3.05, 3.63) is 71.2 Å². The molecule has 0 spiro atoms. The van der Waals surface area contributed by atoms with Crippen molar-refractivity contribution in [1.29, 1.82) is 5.26 Å². The first-order valence-corrected chi connectivity index (χ1v) is 8.57. The van der Waals surface area contributed by atoms with Crippen molar-refractivity contribution in [2.75, 3.05) is 17.7 Å². The first-order valence-electron chi connectivity index (χ1n) is 8.57. The standard InChI is InChI=1S/C21H19N5O2/c1-13-7-8-19(28-3)17(9-13)26-21(27)18-11-20(24-14(2)23-18)25-16-6-4-5-15(10-16)12-22/h4-11H,1-3H3,(H,26,27)(H,23,24,25). The number of nitrogens with one attached hydrogen (secondary N) is 2. The summed E-state index contributed by atoms with van der Waals surface area (Å²) >= 11 is 0. The van der Waals surface area contributed by atoms with E-state index >= 15 is 0 Å². The molecule has 28 heavy (non-hydrogen) atoms. The molecule has 0 atom stereocenters. The minimum atomic E-state index is -0.372. The second-order valence-corrected chi connectivity index (χ2v) is 6.16. The lowest BCUT2D eigenvalue weighted by Crippen LogP contribution is -2.16. The average Bonchev–Trinajstić information content (AvgIpc) is 2.68. The first kappa shape index (κ1) is 18.9.